The molecule has 0 aromatic rings. The summed E-state index contributed by atoms with van der Waals surface area (Å²) in [5.41, 5.74) is 0. The lowest BCUT2D eigenvalue weighted by atomic mass is 9.94. The Morgan fingerprint density at radius 2 is 1.58 bits per heavy atom. The zero-order valence-electron chi connectivity index (χ0n) is 11.3. The zero-order chi connectivity index (χ0) is 13.4. The fourth-order valence-electron chi connectivity index (χ4n) is 4.27. The van der Waals surface area contributed by atoms with Crippen molar-refractivity contribution in [2.75, 3.05) is 0 Å². The second-order valence-electron chi connectivity index (χ2n) is 6.48. The largest absolute Gasteiger partial charge is 0.481 e. The van der Waals surface area contributed by atoms with Crippen LogP contribution in [-0.4, -0.2) is 23.0 Å². The van der Waals surface area contributed by atoms with E-state index in [1.165, 1.54) is 19.3 Å². The SMILES string of the molecule is O=C(O)C1CCCCCC1NC(=O)C1C2CCCC21. The first kappa shape index (κ1) is 12.9. The summed E-state index contributed by atoms with van der Waals surface area (Å²) in [6.45, 7) is 0. The number of hydrogen-bond donors (Lipinski definition) is 2. The van der Waals surface area contributed by atoms with Crippen molar-refractivity contribution in [3.05, 3.63) is 0 Å². The van der Waals surface area contributed by atoms with E-state index in [2.05, 4.69) is 5.32 Å². The fraction of sp³-hybridized carbons (Fsp3) is 0.867. The highest BCUT2D eigenvalue weighted by atomic mass is 16.4. The quantitative estimate of drug-likeness (QED) is 0.769. The number of carboxylic acids is 1. The number of carbonyl (C=O) groups excluding carboxylic acids is 1. The standard InChI is InChI=1S/C15H23NO3/c17-14(13-9-6-4-7-10(9)13)16-12-8-3-1-2-5-11(12)15(18)19/h9-13H,1-8H2,(H,16,17)(H,18,19). The molecular formula is C15H23NO3. The van der Waals surface area contributed by atoms with E-state index in [0.717, 1.165) is 25.7 Å². The molecule has 4 nitrogen and oxygen atoms in total. The lowest BCUT2D eigenvalue weighted by Crippen LogP contribution is -2.44. The molecule has 106 valence electrons. The van der Waals surface area contributed by atoms with Crippen LogP contribution in [0.15, 0.2) is 0 Å². The van der Waals surface area contributed by atoms with Gasteiger partial charge in [-0.3, -0.25) is 9.59 Å². The molecule has 3 rings (SSSR count). The molecule has 3 aliphatic carbocycles. The summed E-state index contributed by atoms with van der Waals surface area (Å²) in [5, 5.41) is 12.4. The third-order valence-electron chi connectivity index (χ3n) is 5.37. The van der Waals surface area contributed by atoms with Crippen LogP contribution in [0, 0.1) is 23.7 Å². The lowest BCUT2D eigenvalue weighted by molar-refractivity contribution is -0.143. The molecule has 0 radical (unpaired) electrons. The van der Waals surface area contributed by atoms with Gasteiger partial charge in [-0.25, -0.2) is 0 Å². The molecule has 3 fully saturated rings. The number of hydrogen-bond acceptors (Lipinski definition) is 2. The van der Waals surface area contributed by atoms with Crippen LogP contribution in [-0.2, 0) is 9.59 Å². The van der Waals surface area contributed by atoms with Crippen LogP contribution in [0.4, 0.5) is 0 Å². The number of amides is 1. The molecule has 1 amide bonds. The smallest absolute Gasteiger partial charge is 0.308 e. The van der Waals surface area contributed by atoms with Gasteiger partial charge in [-0.1, -0.05) is 25.7 Å². The average Bonchev–Trinajstić information content (AvgIpc) is 2.96. The minimum absolute atomic E-state index is 0.132. The topological polar surface area (TPSA) is 66.4 Å². The van der Waals surface area contributed by atoms with Gasteiger partial charge in [0.05, 0.1) is 5.92 Å². The fourth-order valence-corrected chi connectivity index (χ4v) is 4.27. The average molecular weight is 265 g/mol. The van der Waals surface area contributed by atoms with Crippen molar-refractivity contribution in [2.24, 2.45) is 23.7 Å². The first-order valence-electron chi connectivity index (χ1n) is 7.71. The van der Waals surface area contributed by atoms with Crippen molar-refractivity contribution < 1.29 is 14.7 Å². The molecule has 0 aromatic heterocycles. The van der Waals surface area contributed by atoms with E-state index in [1.807, 2.05) is 0 Å². The maximum absolute atomic E-state index is 12.3. The minimum Gasteiger partial charge on any atom is -0.481 e. The number of carbonyl (C=O) groups is 2. The van der Waals surface area contributed by atoms with Gasteiger partial charge < -0.3 is 10.4 Å². The Bertz CT molecular complexity index is 372. The van der Waals surface area contributed by atoms with Crippen LogP contribution in [0.5, 0.6) is 0 Å². The third-order valence-corrected chi connectivity index (χ3v) is 5.37. The van der Waals surface area contributed by atoms with Gasteiger partial charge in [0.15, 0.2) is 0 Å². The van der Waals surface area contributed by atoms with Gasteiger partial charge in [0.2, 0.25) is 5.91 Å². The summed E-state index contributed by atoms with van der Waals surface area (Å²) >= 11 is 0. The molecule has 0 aromatic carbocycles. The van der Waals surface area contributed by atoms with Crippen LogP contribution in [0.1, 0.15) is 51.4 Å². The van der Waals surface area contributed by atoms with E-state index in [1.54, 1.807) is 0 Å². The van der Waals surface area contributed by atoms with Crippen molar-refractivity contribution in [1.82, 2.24) is 5.32 Å². The Labute approximate surface area is 113 Å². The number of nitrogens with one attached hydrogen (secondary N) is 1. The zero-order valence-corrected chi connectivity index (χ0v) is 11.3. The number of carboxylic acid groups (broad SMARTS) is 1. The Kier molecular flexibility index (Phi) is 3.50. The summed E-state index contributed by atoms with van der Waals surface area (Å²) in [6.07, 6.45) is 8.27. The van der Waals surface area contributed by atoms with Crippen molar-refractivity contribution >= 4 is 11.9 Å². The highest BCUT2D eigenvalue weighted by molar-refractivity contribution is 5.83. The van der Waals surface area contributed by atoms with Crippen LogP contribution in [0.2, 0.25) is 0 Å². The van der Waals surface area contributed by atoms with Crippen molar-refractivity contribution in [3.63, 3.8) is 0 Å². The molecule has 4 atom stereocenters. The first-order valence-corrected chi connectivity index (χ1v) is 7.71. The third kappa shape index (κ3) is 2.49. The minimum atomic E-state index is -0.747. The number of rotatable bonds is 3. The van der Waals surface area contributed by atoms with Gasteiger partial charge in [-0.15, -0.1) is 0 Å². The number of aliphatic carboxylic acids is 1. The summed E-state index contributed by atoms with van der Waals surface area (Å²) in [5.74, 6) is 0.413. The molecule has 0 bridgehead atoms. The molecule has 3 aliphatic rings. The predicted molar refractivity (Wildman–Crippen MR) is 70.5 cm³/mol. The molecule has 19 heavy (non-hydrogen) atoms. The van der Waals surface area contributed by atoms with E-state index in [4.69, 9.17) is 0 Å². The summed E-state index contributed by atoms with van der Waals surface area (Å²) < 4.78 is 0. The summed E-state index contributed by atoms with van der Waals surface area (Å²) in [7, 11) is 0. The maximum Gasteiger partial charge on any atom is 0.308 e. The van der Waals surface area contributed by atoms with Crippen molar-refractivity contribution in [3.8, 4) is 0 Å². The van der Waals surface area contributed by atoms with E-state index < -0.39 is 5.97 Å². The molecule has 4 heteroatoms. The molecular weight excluding hydrogens is 242 g/mol. The monoisotopic (exact) mass is 265 g/mol. The Morgan fingerprint density at radius 3 is 2.26 bits per heavy atom. The second-order valence-corrected chi connectivity index (χ2v) is 6.48. The molecule has 0 saturated heterocycles. The molecule has 0 spiro atoms. The predicted octanol–water partition coefficient (Wildman–Crippen LogP) is 2.18. The van der Waals surface area contributed by atoms with Crippen LogP contribution in [0.25, 0.3) is 0 Å². The lowest BCUT2D eigenvalue weighted by Gasteiger charge is -2.23. The van der Waals surface area contributed by atoms with Crippen molar-refractivity contribution in [2.45, 2.75) is 57.4 Å². The summed E-state index contributed by atoms with van der Waals surface area (Å²) in [4.78, 5) is 23.6. The highest BCUT2D eigenvalue weighted by Crippen LogP contribution is 2.57. The Balaban J connectivity index is 1.60. The van der Waals surface area contributed by atoms with E-state index in [9.17, 15) is 14.7 Å². The number of fused-ring (bicyclic) bond motifs is 1. The first-order chi connectivity index (χ1) is 9.18. The molecule has 2 N–H and O–H groups in total. The van der Waals surface area contributed by atoms with Gasteiger partial charge in [-0.2, -0.15) is 0 Å². The Morgan fingerprint density at radius 1 is 0.895 bits per heavy atom. The summed E-state index contributed by atoms with van der Waals surface area (Å²) in [6, 6.07) is -0.145. The van der Waals surface area contributed by atoms with Crippen LogP contribution < -0.4 is 5.32 Å². The molecule has 0 heterocycles. The van der Waals surface area contributed by atoms with Gasteiger partial charge in [0, 0.05) is 12.0 Å². The second kappa shape index (κ2) is 5.14. The Hall–Kier alpha value is -1.06. The maximum atomic E-state index is 12.3. The van der Waals surface area contributed by atoms with Crippen LogP contribution >= 0.6 is 0 Å². The molecule has 0 aliphatic heterocycles. The highest BCUT2D eigenvalue weighted by Gasteiger charge is 2.56. The van der Waals surface area contributed by atoms with Gasteiger partial charge in [0.1, 0.15) is 0 Å². The van der Waals surface area contributed by atoms with E-state index in [0.29, 0.717) is 18.3 Å². The van der Waals surface area contributed by atoms with Gasteiger partial charge >= 0.3 is 5.97 Å². The normalized spacial score (nSPS) is 41.2. The van der Waals surface area contributed by atoms with E-state index in [-0.39, 0.29) is 23.8 Å². The van der Waals surface area contributed by atoms with Gasteiger partial charge in [-0.05, 0) is 37.5 Å². The van der Waals surface area contributed by atoms with Crippen molar-refractivity contribution in [1.29, 1.82) is 0 Å². The molecule has 3 saturated carbocycles. The van der Waals surface area contributed by atoms with Crippen LogP contribution in [0.3, 0.4) is 0 Å². The van der Waals surface area contributed by atoms with Gasteiger partial charge in [0.25, 0.3) is 0 Å². The molecule has 4 unspecified atom stereocenters. The van der Waals surface area contributed by atoms with E-state index >= 15 is 0 Å².